The molecule has 0 N–H and O–H groups in total. The highest BCUT2D eigenvalue weighted by atomic mass is 14.0. The van der Waals surface area contributed by atoms with Crippen LogP contribution in [-0.2, 0) is 0 Å². The second-order valence-electron chi connectivity index (χ2n) is 4.33. The minimum Gasteiger partial charge on any atom is -0.0758 e. The molecule has 0 bridgehead atoms. The highest BCUT2D eigenvalue weighted by Crippen LogP contribution is 2.19. The van der Waals surface area contributed by atoms with E-state index in [1.807, 2.05) is 0 Å². The Kier molecular flexibility index (Phi) is 2.59. The number of benzene rings is 2. The Morgan fingerprint density at radius 3 is 2.33 bits per heavy atom. The van der Waals surface area contributed by atoms with E-state index in [1.54, 1.807) is 0 Å². The molecule has 0 heterocycles. The zero-order chi connectivity index (χ0) is 10.8. The highest BCUT2D eigenvalue weighted by molar-refractivity contribution is 5.85. The number of allylic oxidation sites excluding steroid dienone is 1. The second kappa shape index (κ2) is 3.90. The zero-order valence-corrected chi connectivity index (χ0v) is 9.54. The van der Waals surface area contributed by atoms with Gasteiger partial charge in [0.2, 0.25) is 0 Å². The number of aryl methyl sites for hydroxylation is 1. The number of hydrogen-bond donors (Lipinski definition) is 0. The SMILES string of the molecule is CC(C)=Cc1ccc2cc(C)ccc2c1. The van der Waals surface area contributed by atoms with Gasteiger partial charge in [-0.3, -0.25) is 0 Å². The van der Waals surface area contributed by atoms with Crippen LogP contribution in [0.1, 0.15) is 25.0 Å². The summed E-state index contributed by atoms with van der Waals surface area (Å²) < 4.78 is 0. The van der Waals surface area contributed by atoms with Crippen LogP contribution in [0.2, 0.25) is 0 Å². The Hall–Kier alpha value is -1.56. The van der Waals surface area contributed by atoms with Crippen molar-refractivity contribution in [1.29, 1.82) is 0 Å². The molecule has 0 saturated carbocycles. The van der Waals surface area contributed by atoms with E-state index in [0.29, 0.717) is 0 Å². The standard InChI is InChI=1S/C15H16/c1-11(2)8-13-5-7-14-9-12(3)4-6-15(14)10-13/h4-10H,1-3H3. The topological polar surface area (TPSA) is 0 Å². The lowest BCUT2D eigenvalue weighted by Gasteiger charge is -2.01. The molecule has 0 aromatic heterocycles. The molecule has 0 heteroatoms. The maximum absolute atomic E-state index is 2.24. The molecule has 15 heavy (non-hydrogen) atoms. The summed E-state index contributed by atoms with van der Waals surface area (Å²) >= 11 is 0. The highest BCUT2D eigenvalue weighted by Gasteiger charge is 1.94. The summed E-state index contributed by atoms with van der Waals surface area (Å²) in [5.74, 6) is 0. The van der Waals surface area contributed by atoms with E-state index >= 15 is 0 Å². The predicted octanol–water partition coefficient (Wildman–Crippen LogP) is 4.57. The third-order valence-electron chi connectivity index (χ3n) is 2.48. The molecular formula is C15H16. The smallest absolute Gasteiger partial charge is 0.0178 e. The molecule has 0 atom stereocenters. The van der Waals surface area contributed by atoms with Crippen LogP contribution >= 0.6 is 0 Å². The first-order valence-electron chi connectivity index (χ1n) is 5.30. The van der Waals surface area contributed by atoms with Crippen molar-refractivity contribution in [2.24, 2.45) is 0 Å². The third kappa shape index (κ3) is 2.27. The van der Waals surface area contributed by atoms with Crippen LogP contribution in [0.15, 0.2) is 42.0 Å². The Morgan fingerprint density at radius 1 is 0.933 bits per heavy atom. The minimum absolute atomic E-state index is 1.28. The molecule has 0 aliphatic rings. The van der Waals surface area contributed by atoms with Gasteiger partial charge < -0.3 is 0 Å². The average molecular weight is 196 g/mol. The maximum Gasteiger partial charge on any atom is -0.0178 e. The first-order valence-corrected chi connectivity index (χ1v) is 5.30. The largest absolute Gasteiger partial charge is 0.0758 e. The Morgan fingerprint density at radius 2 is 1.60 bits per heavy atom. The third-order valence-corrected chi connectivity index (χ3v) is 2.48. The van der Waals surface area contributed by atoms with Crippen molar-refractivity contribution in [2.45, 2.75) is 20.8 Å². The summed E-state index contributed by atoms with van der Waals surface area (Å²) in [6.07, 6.45) is 2.21. The molecule has 2 aromatic carbocycles. The summed E-state index contributed by atoms with van der Waals surface area (Å²) in [5, 5.41) is 2.64. The lowest BCUT2D eigenvalue weighted by molar-refractivity contribution is 1.42. The molecule has 0 fully saturated rings. The van der Waals surface area contributed by atoms with Crippen molar-refractivity contribution in [2.75, 3.05) is 0 Å². The molecule has 0 aliphatic carbocycles. The van der Waals surface area contributed by atoms with E-state index in [-0.39, 0.29) is 0 Å². The first kappa shape index (κ1) is 9.97. The fraction of sp³-hybridized carbons (Fsp3) is 0.200. The van der Waals surface area contributed by atoms with Gasteiger partial charge in [0.15, 0.2) is 0 Å². The lowest BCUT2D eigenvalue weighted by atomic mass is 10.0. The fourth-order valence-corrected chi connectivity index (χ4v) is 1.81. The molecule has 0 aliphatic heterocycles. The Labute approximate surface area is 91.2 Å². The summed E-state index contributed by atoms with van der Waals surface area (Å²) in [6.45, 7) is 6.38. The van der Waals surface area contributed by atoms with Crippen molar-refractivity contribution in [1.82, 2.24) is 0 Å². The van der Waals surface area contributed by atoms with Gasteiger partial charge >= 0.3 is 0 Å². The number of fused-ring (bicyclic) bond motifs is 1. The summed E-state index contributed by atoms with van der Waals surface area (Å²) in [5.41, 5.74) is 3.94. The lowest BCUT2D eigenvalue weighted by Crippen LogP contribution is -1.78. The molecule has 0 saturated heterocycles. The van der Waals surface area contributed by atoms with Crippen LogP contribution in [0.3, 0.4) is 0 Å². The average Bonchev–Trinajstić information content (AvgIpc) is 2.17. The first-order chi connectivity index (χ1) is 7.15. The van der Waals surface area contributed by atoms with Gasteiger partial charge in [-0.25, -0.2) is 0 Å². The van der Waals surface area contributed by atoms with Gasteiger partial charge in [0, 0.05) is 0 Å². The van der Waals surface area contributed by atoms with Gasteiger partial charge in [-0.1, -0.05) is 47.5 Å². The molecule has 2 aromatic rings. The van der Waals surface area contributed by atoms with Crippen LogP contribution in [0.4, 0.5) is 0 Å². The molecule has 0 unspecified atom stereocenters. The quantitative estimate of drug-likeness (QED) is 0.626. The van der Waals surface area contributed by atoms with Crippen LogP contribution < -0.4 is 0 Å². The molecule has 76 valence electrons. The van der Waals surface area contributed by atoms with E-state index in [2.05, 4.69) is 63.2 Å². The van der Waals surface area contributed by atoms with Crippen LogP contribution in [0, 0.1) is 6.92 Å². The van der Waals surface area contributed by atoms with Gasteiger partial charge in [0.25, 0.3) is 0 Å². The number of rotatable bonds is 1. The van der Waals surface area contributed by atoms with Crippen LogP contribution in [0.25, 0.3) is 16.8 Å². The molecular weight excluding hydrogens is 180 g/mol. The Bertz CT molecular complexity index is 515. The predicted molar refractivity (Wildman–Crippen MR) is 68.0 cm³/mol. The van der Waals surface area contributed by atoms with E-state index in [9.17, 15) is 0 Å². The van der Waals surface area contributed by atoms with E-state index < -0.39 is 0 Å². The fourth-order valence-electron chi connectivity index (χ4n) is 1.81. The van der Waals surface area contributed by atoms with Gasteiger partial charge in [-0.05, 0) is 43.2 Å². The van der Waals surface area contributed by atoms with E-state index in [0.717, 1.165) is 0 Å². The monoisotopic (exact) mass is 196 g/mol. The van der Waals surface area contributed by atoms with Crippen molar-refractivity contribution >= 4 is 16.8 Å². The summed E-state index contributed by atoms with van der Waals surface area (Å²) in [4.78, 5) is 0. The minimum atomic E-state index is 1.28. The van der Waals surface area contributed by atoms with Crippen LogP contribution in [0.5, 0.6) is 0 Å². The van der Waals surface area contributed by atoms with Gasteiger partial charge in [-0.2, -0.15) is 0 Å². The van der Waals surface area contributed by atoms with Crippen molar-refractivity contribution < 1.29 is 0 Å². The molecule has 0 amide bonds. The van der Waals surface area contributed by atoms with Gasteiger partial charge in [0.1, 0.15) is 0 Å². The molecule has 0 radical (unpaired) electrons. The van der Waals surface area contributed by atoms with E-state index in [1.165, 1.54) is 27.5 Å². The van der Waals surface area contributed by atoms with Crippen molar-refractivity contribution in [3.8, 4) is 0 Å². The molecule has 2 rings (SSSR count). The second-order valence-corrected chi connectivity index (χ2v) is 4.33. The van der Waals surface area contributed by atoms with Gasteiger partial charge in [-0.15, -0.1) is 0 Å². The maximum atomic E-state index is 2.24. The van der Waals surface area contributed by atoms with Gasteiger partial charge in [0.05, 0.1) is 0 Å². The zero-order valence-electron chi connectivity index (χ0n) is 9.54. The number of hydrogen-bond acceptors (Lipinski definition) is 0. The summed E-state index contributed by atoms with van der Waals surface area (Å²) in [7, 11) is 0. The van der Waals surface area contributed by atoms with Crippen molar-refractivity contribution in [3.63, 3.8) is 0 Å². The molecule has 0 spiro atoms. The molecule has 0 nitrogen and oxygen atoms in total. The summed E-state index contributed by atoms with van der Waals surface area (Å²) in [6, 6.07) is 13.2. The van der Waals surface area contributed by atoms with Crippen molar-refractivity contribution in [3.05, 3.63) is 53.1 Å². The van der Waals surface area contributed by atoms with E-state index in [4.69, 9.17) is 0 Å². The normalized spacial score (nSPS) is 10.3. The Balaban J connectivity index is 2.57. The van der Waals surface area contributed by atoms with Crippen LogP contribution in [-0.4, -0.2) is 0 Å².